The van der Waals surface area contributed by atoms with E-state index in [0.717, 1.165) is 52.6 Å². The van der Waals surface area contributed by atoms with E-state index in [1.165, 1.54) is 11.3 Å². The Balaban J connectivity index is 1.44. The number of carbonyl (C=O) groups excluding carboxylic acids is 1. The molecule has 4 aromatic rings. The van der Waals surface area contributed by atoms with E-state index in [1.807, 2.05) is 84.3 Å². The maximum atomic E-state index is 13.5. The van der Waals surface area contributed by atoms with Crippen molar-refractivity contribution in [3.63, 3.8) is 0 Å². The van der Waals surface area contributed by atoms with Gasteiger partial charge in [0.1, 0.15) is 9.88 Å². The van der Waals surface area contributed by atoms with Gasteiger partial charge in [0.25, 0.3) is 5.91 Å². The number of rotatable bonds is 4. The highest BCUT2D eigenvalue weighted by atomic mass is 32.1. The average Bonchev–Trinajstić information content (AvgIpc) is 3.51. The first-order chi connectivity index (χ1) is 14.8. The van der Waals surface area contributed by atoms with E-state index >= 15 is 0 Å². The molecule has 0 radical (unpaired) electrons. The lowest BCUT2D eigenvalue weighted by molar-refractivity contribution is 0.0700. The minimum atomic E-state index is 0.0811. The molecule has 1 aliphatic heterocycles. The molecule has 0 spiro atoms. The summed E-state index contributed by atoms with van der Waals surface area (Å²) < 4.78 is 2.15. The second-order valence-corrected chi connectivity index (χ2v) is 8.46. The summed E-state index contributed by atoms with van der Waals surface area (Å²) in [5, 5.41) is 0.881. The Bertz CT molecular complexity index is 1110. The third kappa shape index (κ3) is 3.66. The third-order valence-corrected chi connectivity index (χ3v) is 6.68. The summed E-state index contributed by atoms with van der Waals surface area (Å²) in [7, 11) is 0. The van der Waals surface area contributed by atoms with Gasteiger partial charge in [-0.1, -0.05) is 60.7 Å². The molecule has 5 rings (SSSR count). The maximum absolute atomic E-state index is 13.5. The number of likely N-dealkylation sites (tertiary alicyclic amines) is 1. The summed E-state index contributed by atoms with van der Waals surface area (Å²) >= 11 is 1.49. The lowest BCUT2D eigenvalue weighted by Gasteiger charge is -2.32. The Morgan fingerprint density at radius 3 is 2.23 bits per heavy atom. The number of carbonyl (C=O) groups is 1. The van der Waals surface area contributed by atoms with Crippen molar-refractivity contribution >= 4 is 17.2 Å². The number of benzene rings is 2. The molecule has 0 saturated carbocycles. The molecule has 0 N–H and O–H groups in total. The van der Waals surface area contributed by atoms with Crippen molar-refractivity contribution in [3.05, 3.63) is 84.3 Å². The van der Waals surface area contributed by atoms with Gasteiger partial charge in [-0.15, -0.1) is 11.3 Å². The van der Waals surface area contributed by atoms with E-state index < -0.39 is 0 Å². The molecule has 1 saturated heterocycles. The predicted octanol–water partition coefficient (Wildman–Crippen LogP) is 5.15. The molecule has 5 nitrogen and oxygen atoms in total. The molecule has 3 heterocycles. The number of nitrogens with zero attached hydrogens (tertiary/aromatic N) is 4. The number of amides is 1. The van der Waals surface area contributed by atoms with Gasteiger partial charge in [-0.25, -0.2) is 9.97 Å². The Labute approximate surface area is 179 Å². The van der Waals surface area contributed by atoms with Crippen LogP contribution in [0.4, 0.5) is 0 Å². The zero-order valence-electron chi connectivity index (χ0n) is 16.5. The van der Waals surface area contributed by atoms with E-state index in [0.29, 0.717) is 6.04 Å². The number of piperidine rings is 1. The standard InChI is InChI=1S/C24H22N4OS/c29-24(27-14-11-20(12-15-27)28-16-13-25-17-28)22-21(18-7-3-1-4-8-18)26-23(30-22)19-9-5-2-6-10-19/h1-10,13,16-17,20H,11-12,14-15H2. The Morgan fingerprint density at radius 1 is 0.933 bits per heavy atom. The van der Waals surface area contributed by atoms with Crippen LogP contribution in [-0.4, -0.2) is 38.4 Å². The van der Waals surface area contributed by atoms with Gasteiger partial charge >= 0.3 is 0 Å². The lowest BCUT2D eigenvalue weighted by Crippen LogP contribution is -2.38. The van der Waals surface area contributed by atoms with Crippen molar-refractivity contribution in [2.75, 3.05) is 13.1 Å². The van der Waals surface area contributed by atoms with Crippen molar-refractivity contribution in [1.82, 2.24) is 19.4 Å². The third-order valence-electron chi connectivity index (χ3n) is 5.59. The SMILES string of the molecule is O=C(c1sc(-c2ccccc2)nc1-c1ccccc1)N1CCC(n2ccnc2)CC1. The minimum absolute atomic E-state index is 0.0811. The second-order valence-electron chi connectivity index (χ2n) is 7.46. The minimum Gasteiger partial charge on any atom is -0.338 e. The summed E-state index contributed by atoms with van der Waals surface area (Å²) in [5.74, 6) is 0.0811. The van der Waals surface area contributed by atoms with Crippen molar-refractivity contribution in [2.24, 2.45) is 0 Å². The van der Waals surface area contributed by atoms with E-state index in [1.54, 1.807) is 0 Å². The highest BCUT2D eigenvalue weighted by Crippen LogP contribution is 2.35. The zero-order valence-corrected chi connectivity index (χ0v) is 17.3. The normalized spacial score (nSPS) is 14.7. The predicted molar refractivity (Wildman–Crippen MR) is 119 cm³/mol. The van der Waals surface area contributed by atoms with Gasteiger partial charge in [0.2, 0.25) is 0 Å². The molecule has 2 aromatic heterocycles. The van der Waals surface area contributed by atoms with E-state index in [4.69, 9.17) is 4.98 Å². The summed E-state index contributed by atoms with van der Waals surface area (Å²) in [6, 6.07) is 20.5. The Hall–Kier alpha value is -3.25. The van der Waals surface area contributed by atoms with Gasteiger partial charge in [-0.3, -0.25) is 4.79 Å². The van der Waals surface area contributed by atoms with Crippen LogP contribution in [0.15, 0.2) is 79.4 Å². The fourth-order valence-corrected chi connectivity index (χ4v) is 5.02. The molecule has 1 fully saturated rings. The first kappa shape index (κ1) is 18.8. The van der Waals surface area contributed by atoms with Crippen LogP contribution >= 0.6 is 11.3 Å². The maximum Gasteiger partial charge on any atom is 0.266 e. The monoisotopic (exact) mass is 414 g/mol. The molecule has 150 valence electrons. The van der Waals surface area contributed by atoms with E-state index in [2.05, 4.69) is 9.55 Å². The topological polar surface area (TPSA) is 51.0 Å². The summed E-state index contributed by atoms with van der Waals surface area (Å²) in [5.41, 5.74) is 2.80. The fourth-order valence-electron chi connectivity index (χ4n) is 3.96. The number of hydrogen-bond acceptors (Lipinski definition) is 4. The van der Waals surface area contributed by atoms with Gasteiger partial charge in [0.05, 0.1) is 12.0 Å². The van der Waals surface area contributed by atoms with Crippen LogP contribution in [0, 0.1) is 0 Å². The molecule has 0 unspecified atom stereocenters. The van der Waals surface area contributed by atoms with Crippen molar-refractivity contribution < 1.29 is 4.79 Å². The van der Waals surface area contributed by atoms with Crippen LogP contribution in [0.25, 0.3) is 21.8 Å². The second kappa shape index (κ2) is 8.24. The molecular formula is C24H22N4OS. The zero-order chi connectivity index (χ0) is 20.3. The lowest BCUT2D eigenvalue weighted by atomic mass is 10.0. The summed E-state index contributed by atoms with van der Waals surface area (Å²) in [6.07, 6.45) is 7.56. The van der Waals surface area contributed by atoms with Gasteiger partial charge in [0, 0.05) is 42.7 Å². The first-order valence-electron chi connectivity index (χ1n) is 10.2. The smallest absolute Gasteiger partial charge is 0.266 e. The number of thiazole rings is 1. The van der Waals surface area contributed by atoms with Crippen molar-refractivity contribution in [3.8, 4) is 21.8 Å². The molecule has 6 heteroatoms. The molecule has 1 amide bonds. The van der Waals surface area contributed by atoms with Crippen molar-refractivity contribution in [1.29, 1.82) is 0 Å². The molecule has 2 aromatic carbocycles. The molecule has 0 atom stereocenters. The summed E-state index contributed by atoms with van der Waals surface area (Å²) in [4.78, 5) is 25.2. The highest BCUT2D eigenvalue weighted by molar-refractivity contribution is 7.17. The van der Waals surface area contributed by atoms with Crippen LogP contribution in [0.1, 0.15) is 28.6 Å². The molecule has 0 aliphatic carbocycles. The van der Waals surface area contributed by atoms with Gasteiger partial charge in [0.15, 0.2) is 0 Å². The van der Waals surface area contributed by atoms with Crippen LogP contribution in [0.3, 0.4) is 0 Å². The Morgan fingerprint density at radius 2 is 1.60 bits per heavy atom. The fraction of sp³-hybridized carbons (Fsp3) is 0.208. The van der Waals surface area contributed by atoms with Crippen molar-refractivity contribution in [2.45, 2.75) is 18.9 Å². The van der Waals surface area contributed by atoms with Gasteiger partial charge in [-0.05, 0) is 12.8 Å². The first-order valence-corrected chi connectivity index (χ1v) is 11.0. The van der Waals surface area contributed by atoms with Crippen LogP contribution in [0.5, 0.6) is 0 Å². The average molecular weight is 415 g/mol. The van der Waals surface area contributed by atoms with Crippen LogP contribution in [0.2, 0.25) is 0 Å². The summed E-state index contributed by atoms with van der Waals surface area (Å²) in [6.45, 7) is 1.49. The van der Waals surface area contributed by atoms with Crippen LogP contribution in [-0.2, 0) is 0 Å². The molecule has 0 bridgehead atoms. The van der Waals surface area contributed by atoms with E-state index in [9.17, 15) is 4.79 Å². The van der Waals surface area contributed by atoms with Gasteiger partial charge in [-0.2, -0.15) is 0 Å². The van der Waals surface area contributed by atoms with Crippen LogP contribution < -0.4 is 0 Å². The van der Waals surface area contributed by atoms with E-state index in [-0.39, 0.29) is 5.91 Å². The number of hydrogen-bond donors (Lipinski definition) is 0. The molecular weight excluding hydrogens is 392 g/mol. The molecule has 1 aliphatic rings. The quantitative estimate of drug-likeness (QED) is 0.464. The molecule has 30 heavy (non-hydrogen) atoms. The largest absolute Gasteiger partial charge is 0.338 e. The highest BCUT2D eigenvalue weighted by Gasteiger charge is 2.28. The number of aromatic nitrogens is 3. The Kier molecular flexibility index (Phi) is 5.15. The van der Waals surface area contributed by atoms with Gasteiger partial charge < -0.3 is 9.47 Å². The number of imidazole rings is 1.